The van der Waals surface area contributed by atoms with E-state index in [2.05, 4.69) is 10.2 Å². The quantitative estimate of drug-likeness (QED) is 0.286. The molecule has 0 fully saturated rings. The summed E-state index contributed by atoms with van der Waals surface area (Å²) in [5.41, 5.74) is 2.80. The summed E-state index contributed by atoms with van der Waals surface area (Å²) in [6.45, 7) is 0. The van der Waals surface area contributed by atoms with E-state index in [1.54, 1.807) is 32.0 Å². The molecule has 0 aliphatic heterocycles. The number of benzene rings is 3. The Bertz CT molecular complexity index is 1200. The van der Waals surface area contributed by atoms with Gasteiger partial charge in [0.25, 0.3) is 0 Å². The van der Waals surface area contributed by atoms with Gasteiger partial charge in [-0.2, -0.15) is 0 Å². The third-order valence-electron chi connectivity index (χ3n) is 4.66. The van der Waals surface area contributed by atoms with E-state index in [1.807, 2.05) is 65.2 Å². The van der Waals surface area contributed by atoms with E-state index in [1.165, 1.54) is 0 Å². The van der Waals surface area contributed by atoms with Crippen molar-refractivity contribution in [3.8, 4) is 28.6 Å². The maximum absolute atomic E-state index is 6.35. The van der Waals surface area contributed by atoms with Crippen LogP contribution in [0.1, 0.15) is 5.56 Å². The number of aromatic nitrogens is 3. The third-order valence-corrected chi connectivity index (χ3v) is 6.23. The first-order valence-corrected chi connectivity index (χ1v) is 11.1. The highest BCUT2D eigenvalue weighted by Crippen LogP contribution is 2.35. The molecular formula is C23H19Cl2N3O2S. The minimum Gasteiger partial charge on any atom is -0.493 e. The van der Waals surface area contributed by atoms with Crippen LogP contribution in [0.3, 0.4) is 0 Å². The van der Waals surface area contributed by atoms with Crippen molar-refractivity contribution in [1.82, 2.24) is 14.8 Å². The molecular weight excluding hydrogens is 453 g/mol. The van der Waals surface area contributed by atoms with Crippen LogP contribution < -0.4 is 9.47 Å². The van der Waals surface area contributed by atoms with Crippen LogP contribution in [0, 0.1) is 0 Å². The minimum absolute atomic E-state index is 0.613. The number of hydrogen-bond acceptors (Lipinski definition) is 5. The van der Waals surface area contributed by atoms with Crippen LogP contribution in [0.5, 0.6) is 11.5 Å². The van der Waals surface area contributed by atoms with E-state index in [4.69, 9.17) is 32.7 Å². The zero-order valence-electron chi connectivity index (χ0n) is 16.9. The standard InChI is InChI=1S/C23H19Cl2N3O2S/c1-29-20-11-9-15(12-21(20)30-2)22-26-27-23(28(22)18-6-4-3-5-7-18)31-14-16-8-10-17(24)13-19(16)25/h3-13H,14H2,1-2H3. The van der Waals surface area contributed by atoms with Gasteiger partial charge in [0.05, 0.1) is 14.2 Å². The van der Waals surface area contributed by atoms with Gasteiger partial charge in [0.1, 0.15) is 0 Å². The zero-order valence-corrected chi connectivity index (χ0v) is 19.2. The summed E-state index contributed by atoms with van der Waals surface area (Å²) in [6.07, 6.45) is 0. The van der Waals surface area contributed by atoms with Gasteiger partial charge in [0, 0.05) is 27.0 Å². The Morgan fingerprint density at radius 1 is 0.871 bits per heavy atom. The van der Waals surface area contributed by atoms with Crippen LogP contribution in [0.4, 0.5) is 0 Å². The van der Waals surface area contributed by atoms with Gasteiger partial charge in [-0.1, -0.05) is 59.2 Å². The van der Waals surface area contributed by atoms with E-state index in [0.29, 0.717) is 33.1 Å². The summed E-state index contributed by atoms with van der Waals surface area (Å²) in [4.78, 5) is 0. The molecule has 0 bridgehead atoms. The number of thioether (sulfide) groups is 1. The van der Waals surface area contributed by atoms with Gasteiger partial charge in [0.15, 0.2) is 22.5 Å². The van der Waals surface area contributed by atoms with Crippen LogP contribution in [0.2, 0.25) is 10.0 Å². The first-order valence-electron chi connectivity index (χ1n) is 9.40. The second-order valence-electron chi connectivity index (χ2n) is 6.57. The molecule has 158 valence electrons. The van der Waals surface area contributed by atoms with E-state index >= 15 is 0 Å². The number of nitrogens with zero attached hydrogens (tertiary/aromatic N) is 3. The number of hydrogen-bond donors (Lipinski definition) is 0. The monoisotopic (exact) mass is 471 g/mol. The minimum atomic E-state index is 0.613. The van der Waals surface area contributed by atoms with Crippen molar-refractivity contribution >= 4 is 35.0 Å². The van der Waals surface area contributed by atoms with Crippen molar-refractivity contribution in [1.29, 1.82) is 0 Å². The molecule has 0 atom stereocenters. The van der Waals surface area contributed by atoms with E-state index in [9.17, 15) is 0 Å². The van der Waals surface area contributed by atoms with Gasteiger partial charge < -0.3 is 9.47 Å². The SMILES string of the molecule is COc1ccc(-c2nnc(SCc3ccc(Cl)cc3Cl)n2-c2ccccc2)cc1OC. The Morgan fingerprint density at radius 2 is 1.65 bits per heavy atom. The molecule has 8 heteroatoms. The predicted molar refractivity (Wildman–Crippen MR) is 126 cm³/mol. The molecule has 1 heterocycles. The summed E-state index contributed by atoms with van der Waals surface area (Å²) in [6, 6.07) is 21.2. The Hall–Kier alpha value is -2.67. The van der Waals surface area contributed by atoms with Gasteiger partial charge in [-0.3, -0.25) is 4.57 Å². The second kappa shape index (κ2) is 9.64. The van der Waals surface area contributed by atoms with Crippen molar-refractivity contribution in [2.45, 2.75) is 10.9 Å². The van der Waals surface area contributed by atoms with Crippen molar-refractivity contribution in [2.75, 3.05) is 14.2 Å². The number of halogens is 2. The molecule has 3 aromatic carbocycles. The summed E-state index contributed by atoms with van der Waals surface area (Å²) < 4.78 is 12.8. The largest absolute Gasteiger partial charge is 0.493 e. The normalized spacial score (nSPS) is 10.8. The smallest absolute Gasteiger partial charge is 0.196 e. The lowest BCUT2D eigenvalue weighted by Gasteiger charge is -2.12. The van der Waals surface area contributed by atoms with Crippen LogP contribution in [0.25, 0.3) is 17.1 Å². The molecule has 0 aliphatic rings. The molecule has 1 aromatic heterocycles. The highest BCUT2D eigenvalue weighted by Gasteiger charge is 2.18. The molecule has 31 heavy (non-hydrogen) atoms. The lowest BCUT2D eigenvalue weighted by atomic mass is 10.2. The molecule has 0 saturated carbocycles. The fourth-order valence-electron chi connectivity index (χ4n) is 3.12. The van der Waals surface area contributed by atoms with Crippen LogP contribution in [-0.2, 0) is 5.75 Å². The topological polar surface area (TPSA) is 49.2 Å². The third kappa shape index (κ3) is 4.66. The van der Waals surface area contributed by atoms with E-state index < -0.39 is 0 Å². The number of para-hydroxylation sites is 1. The fraction of sp³-hybridized carbons (Fsp3) is 0.130. The first kappa shape index (κ1) is 21.6. The molecule has 0 radical (unpaired) electrons. The first-order chi connectivity index (χ1) is 15.1. The average Bonchev–Trinajstić information content (AvgIpc) is 3.22. The van der Waals surface area contributed by atoms with Crippen molar-refractivity contribution in [3.63, 3.8) is 0 Å². The molecule has 4 aromatic rings. The molecule has 0 aliphatic carbocycles. The molecule has 0 unspecified atom stereocenters. The van der Waals surface area contributed by atoms with Gasteiger partial charge in [0.2, 0.25) is 0 Å². The molecule has 0 N–H and O–H groups in total. The molecule has 5 nitrogen and oxygen atoms in total. The van der Waals surface area contributed by atoms with Crippen molar-refractivity contribution < 1.29 is 9.47 Å². The van der Waals surface area contributed by atoms with Crippen LogP contribution in [0.15, 0.2) is 71.9 Å². The Kier molecular flexibility index (Phi) is 6.70. The Morgan fingerprint density at radius 3 is 2.35 bits per heavy atom. The lowest BCUT2D eigenvalue weighted by Crippen LogP contribution is -2.00. The molecule has 0 amide bonds. The fourth-order valence-corrected chi connectivity index (χ4v) is 4.63. The Balaban J connectivity index is 1.74. The predicted octanol–water partition coefficient (Wildman–Crippen LogP) is 6.55. The zero-order chi connectivity index (χ0) is 21.8. The maximum Gasteiger partial charge on any atom is 0.196 e. The maximum atomic E-state index is 6.35. The molecule has 4 rings (SSSR count). The van der Waals surface area contributed by atoms with Crippen molar-refractivity contribution in [2.24, 2.45) is 0 Å². The molecule has 0 saturated heterocycles. The second-order valence-corrected chi connectivity index (χ2v) is 8.36. The van der Waals surface area contributed by atoms with Gasteiger partial charge >= 0.3 is 0 Å². The Labute approximate surface area is 194 Å². The number of ether oxygens (including phenoxy) is 2. The number of rotatable bonds is 7. The van der Waals surface area contributed by atoms with E-state index in [0.717, 1.165) is 22.0 Å². The summed E-state index contributed by atoms with van der Waals surface area (Å²) >= 11 is 13.9. The number of methoxy groups -OCH3 is 2. The lowest BCUT2D eigenvalue weighted by molar-refractivity contribution is 0.355. The van der Waals surface area contributed by atoms with Gasteiger partial charge in [-0.25, -0.2) is 0 Å². The van der Waals surface area contributed by atoms with Crippen molar-refractivity contribution in [3.05, 3.63) is 82.3 Å². The van der Waals surface area contributed by atoms with Crippen LogP contribution >= 0.6 is 35.0 Å². The summed E-state index contributed by atoms with van der Waals surface area (Å²) in [5, 5.41) is 10.9. The van der Waals surface area contributed by atoms with E-state index in [-0.39, 0.29) is 0 Å². The van der Waals surface area contributed by atoms with Gasteiger partial charge in [-0.05, 0) is 48.0 Å². The highest BCUT2D eigenvalue weighted by atomic mass is 35.5. The van der Waals surface area contributed by atoms with Crippen LogP contribution in [-0.4, -0.2) is 29.0 Å². The average molecular weight is 472 g/mol. The van der Waals surface area contributed by atoms with Gasteiger partial charge in [-0.15, -0.1) is 10.2 Å². The molecule has 0 spiro atoms. The summed E-state index contributed by atoms with van der Waals surface area (Å²) in [7, 11) is 3.22. The summed E-state index contributed by atoms with van der Waals surface area (Å²) in [5.74, 6) is 2.62. The highest BCUT2D eigenvalue weighted by molar-refractivity contribution is 7.98.